The number of thiocarbonyl (C=S) groups is 1. The number of carbonyl (C=O) groups excluding carboxylic acids is 1. The number of unbranched alkanes of at least 4 members (excludes halogenated alkanes) is 1. The lowest BCUT2D eigenvalue weighted by Gasteiger charge is -2.17. The lowest BCUT2D eigenvalue weighted by molar-refractivity contribution is -0.119. The van der Waals surface area contributed by atoms with E-state index in [9.17, 15) is 4.79 Å². The number of carbonyl (C=O) groups is 1. The SMILES string of the molecule is CCCC[C@@H](CC)CNC(=S)NNC(=O)CSc1nc2ccccc2[nH]1. The Balaban J connectivity index is 1.65. The molecule has 0 aliphatic carbocycles. The number of hydrogen-bond donors (Lipinski definition) is 4. The van der Waals surface area contributed by atoms with Gasteiger partial charge in [-0.3, -0.25) is 15.6 Å². The van der Waals surface area contributed by atoms with E-state index in [4.69, 9.17) is 12.2 Å². The molecule has 4 N–H and O–H groups in total. The Morgan fingerprint density at radius 3 is 2.85 bits per heavy atom. The molecule has 0 saturated carbocycles. The van der Waals surface area contributed by atoms with Crippen LogP contribution in [0, 0.1) is 5.92 Å². The summed E-state index contributed by atoms with van der Waals surface area (Å²) in [5.41, 5.74) is 7.23. The van der Waals surface area contributed by atoms with Crippen molar-refractivity contribution in [2.45, 2.75) is 44.7 Å². The maximum atomic E-state index is 11.9. The van der Waals surface area contributed by atoms with Crippen LogP contribution in [0.25, 0.3) is 11.0 Å². The molecule has 1 amide bonds. The summed E-state index contributed by atoms with van der Waals surface area (Å²) in [7, 11) is 0. The van der Waals surface area contributed by atoms with E-state index in [1.54, 1.807) is 0 Å². The quantitative estimate of drug-likeness (QED) is 0.297. The number of amides is 1. The Hall–Kier alpha value is -1.80. The Morgan fingerprint density at radius 1 is 1.31 bits per heavy atom. The summed E-state index contributed by atoms with van der Waals surface area (Å²) in [6.45, 7) is 5.21. The van der Waals surface area contributed by atoms with Gasteiger partial charge in [-0.25, -0.2) is 4.98 Å². The molecular weight excluding hydrogens is 366 g/mol. The Bertz CT molecular complexity index is 685. The predicted octanol–water partition coefficient (Wildman–Crippen LogP) is 3.37. The normalized spacial score (nSPS) is 11.9. The van der Waals surface area contributed by atoms with Crippen molar-refractivity contribution >= 4 is 46.0 Å². The number of benzene rings is 1. The zero-order valence-corrected chi connectivity index (χ0v) is 16.9. The van der Waals surface area contributed by atoms with E-state index in [1.807, 2.05) is 24.3 Å². The van der Waals surface area contributed by atoms with Crippen LogP contribution in [0.2, 0.25) is 0 Å². The third kappa shape index (κ3) is 6.84. The summed E-state index contributed by atoms with van der Waals surface area (Å²) in [5, 5.41) is 4.34. The van der Waals surface area contributed by atoms with Gasteiger partial charge in [0.05, 0.1) is 16.8 Å². The van der Waals surface area contributed by atoms with E-state index in [0.717, 1.165) is 29.2 Å². The molecule has 26 heavy (non-hydrogen) atoms. The molecular formula is C18H27N5OS2. The number of nitrogens with zero attached hydrogens (tertiary/aromatic N) is 1. The summed E-state index contributed by atoms with van der Waals surface area (Å²) in [6.07, 6.45) is 4.76. The van der Waals surface area contributed by atoms with Crippen LogP contribution in [-0.2, 0) is 4.79 Å². The number of hydrogen-bond acceptors (Lipinski definition) is 4. The number of hydrazine groups is 1. The van der Waals surface area contributed by atoms with E-state index in [2.05, 4.69) is 40.0 Å². The van der Waals surface area contributed by atoms with Crippen molar-refractivity contribution in [3.8, 4) is 0 Å². The molecule has 1 aromatic heterocycles. The van der Waals surface area contributed by atoms with Gasteiger partial charge in [0.2, 0.25) is 5.91 Å². The molecule has 142 valence electrons. The highest BCUT2D eigenvalue weighted by molar-refractivity contribution is 7.99. The second kappa shape index (κ2) is 11.0. The van der Waals surface area contributed by atoms with E-state index in [0.29, 0.717) is 11.0 Å². The Labute approximate surface area is 164 Å². The first-order chi connectivity index (χ1) is 12.6. The molecule has 2 rings (SSSR count). The van der Waals surface area contributed by atoms with Crippen LogP contribution in [0.5, 0.6) is 0 Å². The number of para-hydroxylation sites is 2. The van der Waals surface area contributed by atoms with Gasteiger partial charge in [0.15, 0.2) is 10.3 Å². The summed E-state index contributed by atoms with van der Waals surface area (Å²) in [6, 6.07) is 7.78. The van der Waals surface area contributed by atoms with Gasteiger partial charge < -0.3 is 10.3 Å². The molecule has 8 heteroatoms. The number of fused-ring (bicyclic) bond motifs is 1. The van der Waals surface area contributed by atoms with Crippen LogP contribution in [0.4, 0.5) is 0 Å². The van der Waals surface area contributed by atoms with Crippen molar-refractivity contribution < 1.29 is 4.79 Å². The summed E-state index contributed by atoms with van der Waals surface area (Å²) in [5.74, 6) is 0.704. The predicted molar refractivity (Wildman–Crippen MR) is 112 cm³/mol. The monoisotopic (exact) mass is 393 g/mol. The van der Waals surface area contributed by atoms with Crippen molar-refractivity contribution in [3.05, 3.63) is 24.3 Å². The minimum absolute atomic E-state index is 0.155. The number of rotatable bonds is 9. The topological polar surface area (TPSA) is 81.8 Å². The number of H-pyrrole nitrogens is 1. The minimum atomic E-state index is -0.155. The van der Waals surface area contributed by atoms with Crippen LogP contribution in [0.3, 0.4) is 0 Å². The fourth-order valence-electron chi connectivity index (χ4n) is 2.52. The van der Waals surface area contributed by atoms with Gasteiger partial charge in [0, 0.05) is 6.54 Å². The summed E-state index contributed by atoms with van der Waals surface area (Å²) >= 11 is 6.56. The zero-order valence-electron chi connectivity index (χ0n) is 15.3. The standard InChI is InChI=1S/C18H27N5OS2/c1-3-5-8-13(4-2)11-19-17(25)23-22-16(24)12-26-18-20-14-9-6-7-10-15(14)21-18/h6-7,9-10,13H,3-5,8,11-12H2,1-2H3,(H,20,21)(H,22,24)(H2,19,23,25)/t13-/m1/s1. The average molecular weight is 394 g/mol. The summed E-state index contributed by atoms with van der Waals surface area (Å²) in [4.78, 5) is 19.6. The molecule has 1 atom stereocenters. The summed E-state index contributed by atoms with van der Waals surface area (Å²) < 4.78 is 0. The van der Waals surface area contributed by atoms with Crippen LogP contribution in [0.15, 0.2) is 29.4 Å². The highest BCUT2D eigenvalue weighted by Crippen LogP contribution is 2.18. The van der Waals surface area contributed by atoms with Crippen molar-refractivity contribution in [2.75, 3.05) is 12.3 Å². The molecule has 0 unspecified atom stereocenters. The van der Waals surface area contributed by atoms with Gasteiger partial charge in [0.1, 0.15) is 0 Å². The fourth-order valence-corrected chi connectivity index (χ4v) is 3.34. The molecule has 0 spiro atoms. The van der Waals surface area contributed by atoms with Gasteiger partial charge >= 0.3 is 0 Å². The maximum Gasteiger partial charge on any atom is 0.248 e. The third-order valence-corrected chi connectivity index (χ3v) is 5.24. The molecule has 6 nitrogen and oxygen atoms in total. The van der Waals surface area contributed by atoms with Crippen LogP contribution < -0.4 is 16.2 Å². The molecule has 0 aliphatic rings. The van der Waals surface area contributed by atoms with Crippen molar-refractivity contribution in [1.82, 2.24) is 26.1 Å². The molecule has 0 radical (unpaired) electrons. The van der Waals surface area contributed by atoms with Gasteiger partial charge in [-0.1, -0.05) is 57.0 Å². The Morgan fingerprint density at radius 2 is 2.12 bits per heavy atom. The minimum Gasteiger partial charge on any atom is -0.361 e. The zero-order chi connectivity index (χ0) is 18.8. The molecule has 0 saturated heterocycles. The lowest BCUT2D eigenvalue weighted by atomic mass is 9.99. The van der Waals surface area contributed by atoms with E-state index in [-0.39, 0.29) is 11.7 Å². The third-order valence-electron chi connectivity index (χ3n) is 4.12. The molecule has 0 fully saturated rings. The second-order valence-electron chi connectivity index (χ2n) is 6.15. The smallest absolute Gasteiger partial charge is 0.248 e. The first-order valence-electron chi connectivity index (χ1n) is 9.02. The van der Waals surface area contributed by atoms with Crippen molar-refractivity contribution in [1.29, 1.82) is 0 Å². The Kier molecular flexibility index (Phi) is 8.70. The van der Waals surface area contributed by atoms with Gasteiger partial charge in [0.25, 0.3) is 0 Å². The van der Waals surface area contributed by atoms with Crippen LogP contribution in [0.1, 0.15) is 39.5 Å². The second-order valence-corrected chi connectivity index (χ2v) is 7.52. The fraction of sp³-hybridized carbons (Fsp3) is 0.500. The molecule has 1 aromatic carbocycles. The van der Waals surface area contributed by atoms with E-state index >= 15 is 0 Å². The number of aromatic nitrogens is 2. The van der Waals surface area contributed by atoms with E-state index < -0.39 is 0 Å². The average Bonchev–Trinajstić information content (AvgIpc) is 3.08. The molecule has 2 aromatic rings. The first kappa shape index (κ1) is 20.5. The number of nitrogens with one attached hydrogen (secondary N) is 4. The van der Waals surface area contributed by atoms with Crippen molar-refractivity contribution in [3.63, 3.8) is 0 Å². The largest absolute Gasteiger partial charge is 0.361 e. The highest BCUT2D eigenvalue weighted by Gasteiger charge is 2.09. The van der Waals surface area contributed by atoms with Crippen LogP contribution >= 0.6 is 24.0 Å². The molecule has 0 aliphatic heterocycles. The number of imidazole rings is 1. The highest BCUT2D eigenvalue weighted by atomic mass is 32.2. The first-order valence-corrected chi connectivity index (χ1v) is 10.4. The van der Waals surface area contributed by atoms with E-state index in [1.165, 1.54) is 31.0 Å². The number of aromatic amines is 1. The van der Waals surface area contributed by atoms with Gasteiger partial charge in [-0.2, -0.15) is 0 Å². The van der Waals surface area contributed by atoms with Crippen LogP contribution in [-0.4, -0.2) is 33.3 Å². The lowest BCUT2D eigenvalue weighted by Crippen LogP contribution is -2.48. The van der Waals surface area contributed by atoms with Gasteiger partial charge in [-0.15, -0.1) is 0 Å². The van der Waals surface area contributed by atoms with Gasteiger partial charge in [-0.05, 0) is 36.7 Å². The molecule has 1 heterocycles. The molecule has 0 bridgehead atoms. The maximum absolute atomic E-state index is 11.9. The number of thioether (sulfide) groups is 1. The van der Waals surface area contributed by atoms with Crippen molar-refractivity contribution in [2.24, 2.45) is 5.92 Å².